The lowest BCUT2D eigenvalue weighted by Gasteiger charge is -2.28. The zero-order chi connectivity index (χ0) is 14.4. The fraction of sp³-hybridized carbons (Fsp3) is 0.533. The molecule has 1 rings (SSSR count). The Balaban J connectivity index is 3.11. The first-order chi connectivity index (χ1) is 9.04. The van der Waals surface area contributed by atoms with Gasteiger partial charge in [-0.05, 0) is 45.1 Å². The second kappa shape index (κ2) is 7.10. The number of hydrogen-bond donors (Lipinski definition) is 0. The van der Waals surface area contributed by atoms with E-state index in [2.05, 4.69) is 6.07 Å². The fourth-order valence-electron chi connectivity index (χ4n) is 2.25. The van der Waals surface area contributed by atoms with Crippen molar-refractivity contribution in [3.63, 3.8) is 0 Å². The average molecular weight is 264 g/mol. The van der Waals surface area contributed by atoms with Gasteiger partial charge in [0.1, 0.15) is 0 Å². The normalized spacial score (nSPS) is 13.9. The highest BCUT2D eigenvalue weighted by molar-refractivity contribution is 5.32. The molecular formula is C15H21FN2O. The maximum Gasteiger partial charge on any atom is 0.165 e. The first-order valence-corrected chi connectivity index (χ1v) is 6.53. The van der Waals surface area contributed by atoms with Crippen molar-refractivity contribution in [2.45, 2.75) is 26.3 Å². The first-order valence-electron chi connectivity index (χ1n) is 6.53. The number of hydrogen-bond acceptors (Lipinski definition) is 3. The van der Waals surface area contributed by atoms with Gasteiger partial charge >= 0.3 is 0 Å². The van der Waals surface area contributed by atoms with Gasteiger partial charge in [-0.3, -0.25) is 0 Å². The molecule has 104 valence electrons. The third-order valence-corrected chi connectivity index (χ3v) is 3.14. The summed E-state index contributed by atoms with van der Waals surface area (Å²) in [6, 6.07) is 7.12. The molecule has 2 unspecified atom stereocenters. The van der Waals surface area contributed by atoms with E-state index < -0.39 is 0 Å². The van der Waals surface area contributed by atoms with Crippen molar-refractivity contribution >= 4 is 0 Å². The average Bonchev–Trinajstić information content (AvgIpc) is 2.38. The number of halogens is 1. The molecule has 0 aliphatic rings. The van der Waals surface area contributed by atoms with E-state index in [0.29, 0.717) is 6.61 Å². The molecule has 0 fully saturated rings. The predicted molar refractivity (Wildman–Crippen MR) is 73.4 cm³/mol. The molecule has 0 saturated heterocycles. The van der Waals surface area contributed by atoms with E-state index in [1.165, 1.54) is 6.07 Å². The quantitative estimate of drug-likeness (QED) is 0.790. The smallest absolute Gasteiger partial charge is 0.165 e. The summed E-state index contributed by atoms with van der Waals surface area (Å²) in [5.41, 5.74) is 0.805. The molecule has 1 aromatic carbocycles. The van der Waals surface area contributed by atoms with E-state index in [9.17, 15) is 9.65 Å². The summed E-state index contributed by atoms with van der Waals surface area (Å²) in [7, 11) is 3.80. The lowest BCUT2D eigenvalue weighted by atomic mass is 9.91. The van der Waals surface area contributed by atoms with Crippen molar-refractivity contribution in [3.8, 4) is 11.8 Å². The van der Waals surface area contributed by atoms with Crippen molar-refractivity contribution in [3.05, 3.63) is 29.6 Å². The van der Waals surface area contributed by atoms with Crippen LogP contribution in [0.15, 0.2) is 18.2 Å². The maximum absolute atomic E-state index is 13.9. The summed E-state index contributed by atoms with van der Waals surface area (Å²) in [5, 5.41) is 9.22. The van der Waals surface area contributed by atoms with Crippen LogP contribution in [-0.2, 0) is 0 Å². The number of rotatable bonds is 6. The Morgan fingerprint density at radius 3 is 2.47 bits per heavy atom. The second-order valence-electron chi connectivity index (χ2n) is 4.68. The Kier molecular flexibility index (Phi) is 5.78. The molecule has 0 aliphatic heterocycles. The lowest BCUT2D eigenvalue weighted by Crippen LogP contribution is -2.26. The number of benzene rings is 1. The van der Waals surface area contributed by atoms with Crippen LogP contribution >= 0.6 is 0 Å². The minimum atomic E-state index is -0.376. The summed E-state index contributed by atoms with van der Waals surface area (Å²) >= 11 is 0. The van der Waals surface area contributed by atoms with Gasteiger partial charge in [0.25, 0.3) is 0 Å². The molecule has 3 nitrogen and oxygen atoms in total. The molecule has 0 aromatic heterocycles. The monoisotopic (exact) mass is 264 g/mol. The van der Waals surface area contributed by atoms with Crippen molar-refractivity contribution in [2.24, 2.45) is 5.92 Å². The van der Waals surface area contributed by atoms with Crippen LogP contribution in [-0.4, -0.2) is 25.6 Å². The van der Waals surface area contributed by atoms with E-state index in [1.807, 2.05) is 38.9 Å². The predicted octanol–water partition coefficient (Wildman–Crippen LogP) is 3.38. The number of nitrogens with zero attached hydrogens (tertiary/aromatic N) is 2. The van der Waals surface area contributed by atoms with Crippen molar-refractivity contribution < 1.29 is 9.13 Å². The van der Waals surface area contributed by atoms with Gasteiger partial charge in [-0.1, -0.05) is 13.0 Å². The van der Waals surface area contributed by atoms with E-state index in [0.717, 1.165) is 12.0 Å². The summed E-state index contributed by atoms with van der Waals surface area (Å²) in [6.45, 7) is 4.22. The highest BCUT2D eigenvalue weighted by Gasteiger charge is 2.24. The molecule has 0 aliphatic carbocycles. The van der Waals surface area contributed by atoms with Gasteiger partial charge in [-0.15, -0.1) is 0 Å². The highest BCUT2D eigenvalue weighted by atomic mass is 19.1. The molecule has 0 bridgehead atoms. The van der Waals surface area contributed by atoms with Crippen LogP contribution in [0.4, 0.5) is 4.39 Å². The Hall–Kier alpha value is -1.60. The van der Waals surface area contributed by atoms with Crippen molar-refractivity contribution in [1.82, 2.24) is 4.90 Å². The largest absolute Gasteiger partial charge is 0.491 e. The highest BCUT2D eigenvalue weighted by Crippen LogP contribution is 2.31. The number of nitriles is 1. The van der Waals surface area contributed by atoms with Crippen LogP contribution in [0.3, 0.4) is 0 Å². The Morgan fingerprint density at radius 2 is 2.05 bits per heavy atom. The summed E-state index contributed by atoms with van der Waals surface area (Å²) in [4.78, 5) is 1.95. The van der Waals surface area contributed by atoms with Gasteiger partial charge in [0.2, 0.25) is 0 Å². The summed E-state index contributed by atoms with van der Waals surface area (Å²) in [5.74, 6) is -0.278. The maximum atomic E-state index is 13.9. The van der Waals surface area contributed by atoms with Gasteiger partial charge < -0.3 is 9.64 Å². The Labute approximate surface area is 114 Å². The van der Waals surface area contributed by atoms with Gasteiger partial charge in [0.15, 0.2) is 11.6 Å². The Morgan fingerprint density at radius 1 is 1.37 bits per heavy atom. The zero-order valence-electron chi connectivity index (χ0n) is 12.0. The van der Waals surface area contributed by atoms with Crippen LogP contribution in [0.1, 0.15) is 31.9 Å². The topological polar surface area (TPSA) is 36.3 Å². The first kappa shape index (κ1) is 15.5. The minimum absolute atomic E-state index is 0.111. The summed E-state index contributed by atoms with van der Waals surface area (Å²) < 4.78 is 19.1. The van der Waals surface area contributed by atoms with Crippen LogP contribution < -0.4 is 4.74 Å². The second-order valence-corrected chi connectivity index (χ2v) is 4.68. The zero-order valence-corrected chi connectivity index (χ0v) is 12.0. The standard InChI is InChI=1S/C15H21FN2O/c1-5-11(10-17)15(18(3)4)12-7-8-14(19-6-2)13(16)9-12/h7-9,11,15H,5-6H2,1-4H3. The van der Waals surface area contributed by atoms with Gasteiger partial charge in [-0.2, -0.15) is 5.26 Å². The lowest BCUT2D eigenvalue weighted by molar-refractivity contribution is 0.240. The summed E-state index contributed by atoms with van der Waals surface area (Å²) in [6.07, 6.45) is 0.730. The van der Waals surface area contributed by atoms with E-state index in [-0.39, 0.29) is 23.5 Å². The van der Waals surface area contributed by atoms with Gasteiger partial charge in [0.05, 0.1) is 24.6 Å². The van der Waals surface area contributed by atoms with Crippen LogP contribution in [0.25, 0.3) is 0 Å². The molecule has 4 heteroatoms. The van der Waals surface area contributed by atoms with Gasteiger partial charge in [0, 0.05) is 0 Å². The molecule has 0 radical (unpaired) electrons. The molecule has 0 spiro atoms. The van der Waals surface area contributed by atoms with Crippen LogP contribution in [0.2, 0.25) is 0 Å². The molecule has 0 amide bonds. The number of ether oxygens (including phenoxy) is 1. The van der Waals surface area contributed by atoms with Crippen LogP contribution in [0.5, 0.6) is 5.75 Å². The molecular weight excluding hydrogens is 243 g/mol. The SMILES string of the molecule is CCOc1ccc(C(C(C#N)CC)N(C)C)cc1F. The molecule has 0 heterocycles. The van der Waals surface area contributed by atoms with Crippen molar-refractivity contribution in [1.29, 1.82) is 5.26 Å². The van der Waals surface area contributed by atoms with E-state index in [4.69, 9.17) is 4.74 Å². The third-order valence-electron chi connectivity index (χ3n) is 3.14. The van der Waals surface area contributed by atoms with E-state index in [1.54, 1.807) is 6.07 Å². The molecule has 2 atom stereocenters. The molecule has 0 saturated carbocycles. The Bertz CT molecular complexity index is 454. The molecule has 19 heavy (non-hydrogen) atoms. The van der Waals surface area contributed by atoms with Crippen LogP contribution in [0, 0.1) is 23.1 Å². The van der Waals surface area contributed by atoms with Gasteiger partial charge in [-0.25, -0.2) is 4.39 Å². The molecule has 0 N–H and O–H groups in total. The fourth-order valence-corrected chi connectivity index (χ4v) is 2.25. The van der Waals surface area contributed by atoms with E-state index >= 15 is 0 Å². The van der Waals surface area contributed by atoms with Crippen molar-refractivity contribution in [2.75, 3.05) is 20.7 Å². The minimum Gasteiger partial charge on any atom is -0.491 e. The third kappa shape index (κ3) is 3.68. The molecule has 1 aromatic rings.